The Labute approximate surface area is 223 Å². The highest BCUT2D eigenvalue weighted by atomic mass is 16.5. The number of benzene rings is 2. The summed E-state index contributed by atoms with van der Waals surface area (Å²) < 4.78 is 5.53. The minimum absolute atomic E-state index is 0.190. The molecule has 1 spiro atoms. The first kappa shape index (κ1) is 27.1. The molecule has 0 radical (unpaired) electrons. The second-order valence-corrected chi connectivity index (χ2v) is 9.83. The summed E-state index contributed by atoms with van der Waals surface area (Å²) in [4.78, 5) is 46.6. The van der Waals surface area contributed by atoms with Gasteiger partial charge in [-0.2, -0.15) is 0 Å². The standard InChI is InChI=1S/C30H35N3O5/c1-5-7-18-32-24-12-9-8-11-23(24)30(29(32)37)25(27(35)28(36)33(30)19-10-17-31(3)4)26(34)21-13-15-22(16-14-21)38-20-6-2/h6,8-9,11-16,34H,2,5,7,10,17-20H2,1,3-4H3/t30-/m0/s1. The molecule has 38 heavy (non-hydrogen) atoms. The number of carbonyl (C=O) groups excluding carboxylic acids is 3. The van der Waals surface area contributed by atoms with Crippen molar-refractivity contribution < 1.29 is 24.2 Å². The maximum absolute atomic E-state index is 14.4. The minimum atomic E-state index is -1.73. The Morgan fingerprint density at radius 2 is 1.76 bits per heavy atom. The topological polar surface area (TPSA) is 90.4 Å². The Bertz CT molecular complexity index is 1270. The highest BCUT2D eigenvalue weighted by Gasteiger charge is 2.66. The van der Waals surface area contributed by atoms with Crippen molar-refractivity contribution in [1.82, 2.24) is 9.80 Å². The van der Waals surface area contributed by atoms with Crippen LogP contribution in [0.25, 0.3) is 5.76 Å². The fraction of sp³-hybridized carbons (Fsp3) is 0.367. The second-order valence-electron chi connectivity index (χ2n) is 9.83. The number of ketones is 1. The van der Waals surface area contributed by atoms with Gasteiger partial charge in [-0.15, -0.1) is 0 Å². The Kier molecular flexibility index (Phi) is 8.02. The molecule has 2 aliphatic rings. The van der Waals surface area contributed by atoms with E-state index in [1.165, 1.54) is 4.90 Å². The van der Waals surface area contributed by atoms with Crippen LogP contribution in [-0.2, 0) is 19.9 Å². The Hall–Kier alpha value is -3.91. The summed E-state index contributed by atoms with van der Waals surface area (Å²) >= 11 is 0. The molecule has 0 saturated carbocycles. The van der Waals surface area contributed by atoms with Crippen molar-refractivity contribution in [3.63, 3.8) is 0 Å². The van der Waals surface area contributed by atoms with Crippen LogP contribution in [0.5, 0.6) is 5.75 Å². The molecule has 2 aromatic carbocycles. The first-order valence-electron chi connectivity index (χ1n) is 13.0. The molecule has 0 aromatic heterocycles. The van der Waals surface area contributed by atoms with Gasteiger partial charge < -0.3 is 24.5 Å². The number of hydrogen-bond donors (Lipinski definition) is 1. The Morgan fingerprint density at radius 3 is 2.42 bits per heavy atom. The van der Waals surface area contributed by atoms with Crippen LogP contribution in [0.2, 0.25) is 0 Å². The van der Waals surface area contributed by atoms with Crippen LogP contribution in [0.3, 0.4) is 0 Å². The second kappa shape index (κ2) is 11.2. The molecule has 2 heterocycles. The van der Waals surface area contributed by atoms with E-state index in [0.717, 1.165) is 12.8 Å². The van der Waals surface area contributed by atoms with E-state index in [4.69, 9.17) is 4.74 Å². The van der Waals surface area contributed by atoms with Crippen LogP contribution in [0.4, 0.5) is 5.69 Å². The smallest absolute Gasteiger partial charge is 0.296 e. The van der Waals surface area contributed by atoms with Gasteiger partial charge in [0.05, 0.1) is 11.3 Å². The van der Waals surface area contributed by atoms with Crippen molar-refractivity contribution in [2.45, 2.75) is 31.7 Å². The van der Waals surface area contributed by atoms with E-state index in [0.29, 0.717) is 48.7 Å². The number of likely N-dealkylation sites (tertiary alicyclic amines) is 1. The molecule has 0 aliphatic carbocycles. The maximum atomic E-state index is 14.4. The fourth-order valence-corrected chi connectivity index (χ4v) is 5.26. The lowest BCUT2D eigenvalue weighted by Crippen LogP contribution is -2.52. The van der Waals surface area contributed by atoms with Gasteiger partial charge in [-0.25, -0.2) is 0 Å². The lowest BCUT2D eigenvalue weighted by atomic mass is 9.82. The third-order valence-electron chi connectivity index (χ3n) is 7.03. The fourth-order valence-electron chi connectivity index (χ4n) is 5.26. The number of rotatable bonds is 11. The Balaban J connectivity index is 1.91. The van der Waals surface area contributed by atoms with E-state index in [2.05, 4.69) is 6.58 Å². The molecule has 0 bridgehead atoms. The van der Waals surface area contributed by atoms with Crippen LogP contribution in [0.15, 0.2) is 66.8 Å². The predicted molar refractivity (Wildman–Crippen MR) is 147 cm³/mol. The van der Waals surface area contributed by atoms with Crippen LogP contribution in [-0.4, -0.2) is 72.8 Å². The van der Waals surface area contributed by atoms with E-state index in [1.807, 2.05) is 38.1 Å². The summed E-state index contributed by atoms with van der Waals surface area (Å²) in [6.07, 6.45) is 3.81. The molecule has 2 amide bonds. The van der Waals surface area contributed by atoms with Gasteiger partial charge in [0.2, 0.25) is 0 Å². The molecule has 1 atom stereocenters. The van der Waals surface area contributed by atoms with Crippen molar-refractivity contribution in [1.29, 1.82) is 0 Å². The molecule has 8 nitrogen and oxygen atoms in total. The minimum Gasteiger partial charge on any atom is -0.507 e. The summed E-state index contributed by atoms with van der Waals surface area (Å²) in [5.74, 6) is -1.84. The summed E-state index contributed by atoms with van der Waals surface area (Å²) in [5, 5.41) is 11.6. The number of amides is 2. The number of Topliss-reactive ketones (excluding diaryl/α,β-unsaturated/α-hetero) is 1. The summed E-state index contributed by atoms with van der Waals surface area (Å²) in [5.41, 5.74) is -0.406. The Morgan fingerprint density at radius 1 is 1.05 bits per heavy atom. The first-order valence-corrected chi connectivity index (χ1v) is 13.0. The largest absolute Gasteiger partial charge is 0.507 e. The number of fused-ring (bicyclic) bond motifs is 2. The molecule has 1 N–H and O–H groups in total. The third kappa shape index (κ3) is 4.49. The average molecular weight is 518 g/mol. The van der Waals surface area contributed by atoms with Gasteiger partial charge in [-0.1, -0.05) is 44.2 Å². The van der Waals surface area contributed by atoms with E-state index in [-0.39, 0.29) is 23.8 Å². The molecule has 1 saturated heterocycles. The van der Waals surface area contributed by atoms with Crippen LogP contribution in [0, 0.1) is 0 Å². The van der Waals surface area contributed by atoms with E-state index in [9.17, 15) is 19.5 Å². The number of para-hydroxylation sites is 1. The quantitative estimate of drug-likeness (QED) is 0.210. The molecule has 0 unspecified atom stereocenters. The van der Waals surface area contributed by atoms with Gasteiger partial charge in [-0.05, 0) is 63.8 Å². The number of carbonyl (C=O) groups is 3. The molecule has 8 heteroatoms. The van der Waals surface area contributed by atoms with Gasteiger partial charge in [0.1, 0.15) is 18.1 Å². The summed E-state index contributed by atoms with van der Waals surface area (Å²) in [6.45, 7) is 7.30. The van der Waals surface area contributed by atoms with Gasteiger partial charge >= 0.3 is 0 Å². The highest BCUT2D eigenvalue weighted by Crippen LogP contribution is 2.53. The van der Waals surface area contributed by atoms with Crippen molar-refractivity contribution in [3.05, 3.63) is 77.9 Å². The zero-order chi connectivity index (χ0) is 27.4. The first-order chi connectivity index (χ1) is 18.3. The average Bonchev–Trinajstić information content (AvgIpc) is 3.29. The monoisotopic (exact) mass is 517 g/mol. The predicted octanol–water partition coefficient (Wildman–Crippen LogP) is 3.93. The molecule has 2 aliphatic heterocycles. The molecular formula is C30H35N3O5. The van der Waals surface area contributed by atoms with E-state index < -0.39 is 17.2 Å². The van der Waals surface area contributed by atoms with Crippen molar-refractivity contribution in [2.75, 3.05) is 45.2 Å². The number of unbranched alkanes of at least 4 members (excludes halogenated alkanes) is 1. The number of aliphatic hydroxyl groups is 1. The number of ether oxygens (including phenoxy) is 1. The van der Waals surface area contributed by atoms with Crippen molar-refractivity contribution in [3.8, 4) is 5.75 Å². The van der Waals surface area contributed by atoms with Gasteiger partial charge in [0.25, 0.3) is 17.6 Å². The maximum Gasteiger partial charge on any atom is 0.296 e. The summed E-state index contributed by atoms with van der Waals surface area (Å²) in [7, 11) is 3.85. The lowest BCUT2D eigenvalue weighted by molar-refractivity contribution is -0.143. The number of anilines is 1. The summed E-state index contributed by atoms with van der Waals surface area (Å²) in [6, 6.07) is 13.8. The van der Waals surface area contributed by atoms with Crippen molar-refractivity contribution >= 4 is 29.0 Å². The van der Waals surface area contributed by atoms with Gasteiger partial charge in [0, 0.05) is 24.2 Å². The normalized spacial score (nSPS) is 20.1. The van der Waals surface area contributed by atoms with E-state index in [1.54, 1.807) is 47.4 Å². The molecule has 4 rings (SSSR count). The molecule has 200 valence electrons. The lowest BCUT2D eigenvalue weighted by Gasteiger charge is -2.34. The molecular weight excluding hydrogens is 482 g/mol. The number of hydrogen-bond acceptors (Lipinski definition) is 6. The van der Waals surface area contributed by atoms with E-state index >= 15 is 0 Å². The zero-order valence-electron chi connectivity index (χ0n) is 22.3. The van der Waals surface area contributed by atoms with Crippen molar-refractivity contribution in [2.24, 2.45) is 0 Å². The molecule has 1 fully saturated rings. The van der Waals surface area contributed by atoms with Gasteiger partial charge in [0.15, 0.2) is 5.54 Å². The number of nitrogens with zero attached hydrogens (tertiary/aromatic N) is 3. The zero-order valence-corrected chi connectivity index (χ0v) is 22.3. The highest BCUT2D eigenvalue weighted by molar-refractivity contribution is 6.50. The van der Waals surface area contributed by atoms with Crippen LogP contribution >= 0.6 is 0 Å². The van der Waals surface area contributed by atoms with Crippen LogP contribution < -0.4 is 9.64 Å². The van der Waals surface area contributed by atoms with Crippen LogP contribution in [0.1, 0.15) is 37.3 Å². The van der Waals surface area contributed by atoms with Gasteiger partial charge in [-0.3, -0.25) is 14.4 Å². The number of aliphatic hydroxyl groups excluding tert-OH is 1. The molecule has 2 aromatic rings. The SMILES string of the molecule is C=CCOc1ccc(C(O)=C2C(=O)C(=O)N(CCCN(C)C)[C@]23C(=O)N(CCCC)c2ccccc23)cc1. The third-order valence-corrected chi connectivity index (χ3v) is 7.03.